The molecule has 0 aliphatic carbocycles. The van der Waals surface area contributed by atoms with Crippen molar-refractivity contribution in [1.29, 1.82) is 0 Å². The Hall–Kier alpha value is -3.43. The molecule has 6 nitrogen and oxygen atoms in total. The van der Waals surface area contributed by atoms with Crippen LogP contribution in [0.1, 0.15) is 16.1 Å². The number of aliphatic hydroxyl groups excluding tert-OH is 1. The first-order valence-electron chi connectivity index (χ1n) is 7.12. The molecule has 118 valence electrons. The number of benzene rings is 1. The average Bonchev–Trinajstić information content (AvgIpc) is 3.00. The number of aliphatic hydroxyl groups is 1. The molecule has 24 heavy (non-hydrogen) atoms. The lowest BCUT2D eigenvalue weighted by Crippen LogP contribution is -2.11. The molecular formula is C18H13N3O3. The number of aromatic nitrogens is 2. The molecule has 2 aromatic heterocycles. The van der Waals surface area contributed by atoms with Crippen LogP contribution in [0, 0.1) is 11.8 Å². The van der Waals surface area contributed by atoms with Crippen molar-refractivity contribution in [2.24, 2.45) is 5.73 Å². The summed E-state index contributed by atoms with van der Waals surface area (Å²) in [5, 5.41) is 9.20. The maximum atomic E-state index is 11.6. The SMILES string of the molecule is NC(=O)c1nc(-c2cccc(C#CC(O)C=O)c2)n2ccccc12. The van der Waals surface area contributed by atoms with Crippen LogP contribution in [-0.4, -0.2) is 32.8 Å². The molecule has 0 saturated carbocycles. The summed E-state index contributed by atoms with van der Waals surface area (Å²) in [6, 6.07) is 12.5. The Morgan fingerprint density at radius 3 is 2.88 bits per heavy atom. The summed E-state index contributed by atoms with van der Waals surface area (Å²) < 4.78 is 1.77. The van der Waals surface area contributed by atoms with Gasteiger partial charge in [0.15, 0.2) is 18.1 Å². The summed E-state index contributed by atoms with van der Waals surface area (Å²) in [4.78, 5) is 26.4. The minimum atomic E-state index is -1.32. The van der Waals surface area contributed by atoms with Crippen molar-refractivity contribution in [3.05, 3.63) is 59.9 Å². The summed E-state index contributed by atoms with van der Waals surface area (Å²) in [7, 11) is 0. The van der Waals surface area contributed by atoms with Crippen molar-refractivity contribution in [3.8, 4) is 23.2 Å². The third kappa shape index (κ3) is 2.89. The molecule has 2 heterocycles. The number of pyridine rings is 1. The van der Waals surface area contributed by atoms with E-state index in [2.05, 4.69) is 16.8 Å². The van der Waals surface area contributed by atoms with Gasteiger partial charge in [-0.1, -0.05) is 30.0 Å². The normalized spacial score (nSPS) is 11.5. The number of nitrogens with two attached hydrogens (primary N) is 1. The molecule has 1 aromatic carbocycles. The van der Waals surface area contributed by atoms with Crippen LogP contribution in [0.15, 0.2) is 48.7 Å². The topological polar surface area (TPSA) is 97.7 Å². The van der Waals surface area contributed by atoms with E-state index in [1.165, 1.54) is 0 Å². The Balaban J connectivity index is 2.13. The van der Waals surface area contributed by atoms with Crippen LogP contribution in [0.25, 0.3) is 16.9 Å². The van der Waals surface area contributed by atoms with Crippen molar-refractivity contribution >= 4 is 17.7 Å². The number of hydrogen-bond donors (Lipinski definition) is 2. The number of amides is 1. The molecule has 3 rings (SSSR count). The first kappa shape index (κ1) is 15.5. The smallest absolute Gasteiger partial charge is 0.269 e. The highest BCUT2D eigenvalue weighted by Crippen LogP contribution is 2.23. The highest BCUT2D eigenvalue weighted by molar-refractivity contribution is 5.98. The first-order valence-corrected chi connectivity index (χ1v) is 7.12. The summed E-state index contributed by atoms with van der Waals surface area (Å²) in [6.07, 6.45) is 0.832. The van der Waals surface area contributed by atoms with E-state index >= 15 is 0 Å². The maximum Gasteiger partial charge on any atom is 0.269 e. The Kier molecular flexibility index (Phi) is 4.10. The Labute approximate surface area is 137 Å². The number of aldehydes is 1. The minimum Gasteiger partial charge on any atom is -0.373 e. The second-order valence-electron chi connectivity index (χ2n) is 5.04. The Morgan fingerprint density at radius 1 is 1.29 bits per heavy atom. The van der Waals surface area contributed by atoms with Gasteiger partial charge in [0.25, 0.3) is 5.91 Å². The number of rotatable bonds is 3. The van der Waals surface area contributed by atoms with Crippen molar-refractivity contribution in [2.45, 2.75) is 6.10 Å². The molecule has 3 N–H and O–H groups in total. The number of nitrogens with zero attached hydrogens (tertiary/aromatic N) is 2. The molecule has 0 aliphatic heterocycles. The quantitative estimate of drug-likeness (QED) is 0.556. The second kappa shape index (κ2) is 6.36. The summed E-state index contributed by atoms with van der Waals surface area (Å²) in [5.74, 6) is 5.10. The van der Waals surface area contributed by atoms with Gasteiger partial charge >= 0.3 is 0 Å². The number of imidazole rings is 1. The van der Waals surface area contributed by atoms with Crippen molar-refractivity contribution in [1.82, 2.24) is 9.38 Å². The Bertz CT molecular complexity index is 995. The van der Waals surface area contributed by atoms with Crippen LogP contribution < -0.4 is 5.73 Å². The van der Waals surface area contributed by atoms with Crippen LogP contribution in [-0.2, 0) is 4.79 Å². The van der Waals surface area contributed by atoms with E-state index in [0.29, 0.717) is 23.2 Å². The number of carbonyl (C=O) groups excluding carboxylic acids is 2. The zero-order chi connectivity index (χ0) is 17.1. The maximum absolute atomic E-state index is 11.6. The first-order chi connectivity index (χ1) is 11.6. The zero-order valence-electron chi connectivity index (χ0n) is 12.5. The molecule has 6 heteroatoms. The highest BCUT2D eigenvalue weighted by atomic mass is 16.3. The lowest BCUT2D eigenvalue weighted by Gasteiger charge is -2.01. The standard InChI is InChI=1S/C18H13N3O3/c19-17(24)16-15-6-1-2-9-21(15)18(20-16)13-5-3-4-12(10-13)7-8-14(23)11-22/h1-6,9-11,14,23H,(H2,19,24). The van der Waals surface area contributed by atoms with E-state index in [1.54, 1.807) is 40.9 Å². The molecule has 0 radical (unpaired) electrons. The number of primary amides is 1. The lowest BCUT2D eigenvalue weighted by molar-refractivity contribution is -0.112. The molecule has 1 amide bonds. The van der Waals surface area contributed by atoms with Crippen molar-refractivity contribution < 1.29 is 14.7 Å². The molecule has 0 saturated heterocycles. The van der Waals surface area contributed by atoms with E-state index in [0.717, 1.165) is 5.56 Å². The fraction of sp³-hybridized carbons (Fsp3) is 0.0556. The van der Waals surface area contributed by atoms with Crippen LogP contribution in [0.3, 0.4) is 0 Å². The van der Waals surface area contributed by atoms with Crippen LogP contribution in [0.2, 0.25) is 0 Å². The van der Waals surface area contributed by atoms with Gasteiger partial charge in [-0.25, -0.2) is 4.98 Å². The van der Waals surface area contributed by atoms with Crippen LogP contribution in [0.5, 0.6) is 0 Å². The summed E-state index contributed by atoms with van der Waals surface area (Å²) in [5.41, 5.74) is 7.56. The number of fused-ring (bicyclic) bond motifs is 1. The van der Waals surface area contributed by atoms with E-state index in [1.807, 2.05) is 12.1 Å². The largest absolute Gasteiger partial charge is 0.373 e. The van der Waals surface area contributed by atoms with Crippen molar-refractivity contribution in [2.75, 3.05) is 0 Å². The number of carbonyl (C=O) groups is 2. The molecular weight excluding hydrogens is 306 g/mol. The molecule has 0 bridgehead atoms. The van der Waals surface area contributed by atoms with Crippen LogP contribution in [0.4, 0.5) is 0 Å². The molecule has 1 unspecified atom stereocenters. The fourth-order valence-corrected chi connectivity index (χ4v) is 2.35. The molecule has 1 atom stereocenters. The summed E-state index contributed by atoms with van der Waals surface area (Å²) in [6.45, 7) is 0. The third-order valence-electron chi connectivity index (χ3n) is 3.40. The minimum absolute atomic E-state index is 0.193. The van der Waals surface area contributed by atoms with Gasteiger partial charge in [-0.3, -0.25) is 14.0 Å². The van der Waals surface area contributed by atoms with Gasteiger partial charge in [0.05, 0.1) is 5.52 Å². The predicted octanol–water partition coefficient (Wildman–Crippen LogP) is 1.01. The molecule has 0 fully saturated rings. The number of hydrogen-bond acceptors (Lipinski definition) is 4. The lowest BCUT2D eigenvalue weighted by atomic mass is 10.1. The van der Waals surface area contributed by atoms with Gasteiger partial charge in [-0.15, -0.1) is 0 Å². The van der Waals surface area contributed by atoms with E-state index < -0.39 is 12.0 Å². The average molecular weight is 319 g/mol. The molecule has 0 aliphatic rings. The molecule has 3 aromatic rings. The monoisotopic (exact) mass is 319 g/mol. The van der Waals surface area contributed by atoms with Gasteiger partial charge < -0.3 is 10.8 Å². The van der Waals surface area contributed by atoms with Gasteiger partial charge in [-0.2, -0.15) is 0 Å². The highest BCUT2D eigenvalue weighted by Gasteiger charge is 2.15. The predicted molar refractivity (Wildman–Crippen MR) is 88.1 cm³/mol. The zero-order valence-corrected chi connectivity index (χ0v) is 12.5. The summed E-state index contributed by atoms with van der Waals surface area (Å²) >= 11 is 0. The van der Waals surface area contributed by atoms with Crippen LogP contribution >= 0.6 is 0 Å². The third-order valence-corrected chi connectivity index (χ3v) is 3.40. The fourth-order valence-electron chi connectivity index (χ4n) is 2.35. The van der Waals surface area contributed by atoms with Gasteiger partial charge in [-0.05, 0) is 24.3 Å². The molecule has 0 spiro atoms. The van der Waals surface area contributed by atoms with Gasteiger partial charge in [0, 0.05) is 17.3 Å². The van der Waals surface area contributed by atoms with E-state index in [-0.39, 0.29) is 5.69 Å². The van der Waals surface area contributed by atoms with Gasteiger partial charge in [0.1, 0.15) is 5.82 Å². The Morgan fingerprint density at radius 2 is 2.12 bits per heavy atom. The van der Waals surface area contributed by atoms with E-state index in [9.17, 15) is 14.7 Å². The van der Waals surface area contributed by atoms with E-state index in [4.69, 9.17) is 5.73 Å². The van der Waals surface area contributed by atoms with Crippen molar-refractivity contribution in [3.63, 3.8) is 0 Å². The second-order valence-corrected chi connectivity index (χ2v) is 5.04. The van der Waals surface area contributed by atoms with Gasteiger partial charge in [0.2, 0.25) is 0 Å².